The van der Waals surface area contributed by atoms with Crippen LogP contribution in [0.2, 0.25) is 0 Å². The number of hydrogen-bond donors (Lipinski definition) is 1. The van der Waals surface area contributed by atoms with Gasteiger partial charge in [0, 0.05) is 23.9 Å². The Morgan fingerprint density at radius 3 is 2.27 bits per heavy atom. The fraction of sp³-hybridized carbons (Fsp3) is 0.600. The molecule has 1 unspecified atom stereocenters. The van der Waals surface area contributed by atoms with E-state index in [0.29, 0.717) is 47.8 Å². The average molecular weight is 359 g/mol. The van der Waals surface area contributed by atoms with Gasteiger partial charge in [-0.05, 0) is 50.5 Å². The van der Waals surface area contributed by atoms with Crippen molar-refractivity contribution in [3.63, 3.8) is 0 Å². The van der Waals surface area contributed by atoms with Gasteiger partial charge in [0.1, 0.15) is 5.92 Å². The SMILES string of the molecule is CCOC(=O)C1CNc2cc(OCC3CC3)c(OCC3CC3)cc2C1=O. The van der Waals surface area contributed by atoms with Crippen LogP contribution in [0.3, 0.4) is 0 Å². The molecule has 1 aromatic rings. The summed E-state index contributed by atoms with van der Waals surface area (Å²) in [4.78, 5) is 24.8. The second-order valence-corrected chi connectivity index (χ2v) is 7.40. The van der Waals surface area contributed by atoms with Crippen molar-refractivity contribution in [3.05, 3.63) is 17.7 Å². The van der Waals surface area contributed by atoms with Gasteiger partial charge in [0.15, 0.2) is 17.3 Å². The third-order valence-electron chi connectivity index (χ3n) is 5.08. The maximum atomic E-state index is 12.8. The standard InChI is InChI=1S/C20H25NO5/c1-2-24-20(23)15-9-21-16-8-18(26-11-13-5-6-13)17(7-14(16)19(15)22)25-10-12-3-4-12/h7-8,12-13,15,21H,2-6,9-11H2,1H3. The van der Waals surface area contributed by atoms with E-state index in [0.717, 1.165) is 0 Å². The molecule has 3 aliphatic rings. The molecule has 1 heterocycles. The number of fused-ring (bicyclic) bond motifs is 1. The Morgan fingerprint density at radius 1 is 1.08 bits per heavy atom. The normalized spacial score (nSPS) is 21.6. The Bertz CT molecular complexity index is 708. The van der Waals surface area contributed by atoms with Gasteiger partial charge >= 0.3 is 5.97 Å². The number of carbonyl (C=O) groups is 2. The van der Waals surface area contributed by atoms with Gasteiger partial charge in [0.2, 0.25) is 0 Å². The lowest BCUT2D eigenvalue weighted by molar-refractivity contribution is -0.145. The second kappa shape index (κ2) is 7.17. The molecule has 1 N–H and O–H groups in total. The molecule has 2 saturated carbocycles. The van der Waals surface area contributed by atoms with Crippen LogP contribution in [0, 0.1) is 17.8 Å². The molecule has 4 rings (SSSR count). The van der Waals surface area contributed by atoms with Crippen molar-refractivity contribution in [1.82, 2.24) is 0 Å². The number of anilines is 1. The number of rotatable bonds is 8. The largest absolute Gasteiger partial charge is 0.489 e. The molecule has 2 aliphatic carbocycles. The van der Waals surface area contributed by atoms with Gasteiger partial charge in [-0.1, -0.05) is 0 Å². The van der Waals surface area contributed by atoms with Crippen LogP contribution in [0.25, 0.3) is 0 Å². The quantitative estimate of drug-likeness (QED) is 0.568. The number of esters is 1. The highest BCUT2D eigenvalue weighted by Gasteiger charge is 2.35. The van der Waals surface area contributed by atoms with Crippen LogP contribution in [0.15, 0.2) is 12.1 Å². The van der Waals surface area contributed by atoms with Crippen molar-refractivity contribution >= 4 is 17.4 Å². The van der Waals surface area contributed by atoms with Crippen molar-refractivity contribution in [3.8, 4) is 11.5 Å². The Labute approximate surface area is 153 Å². The molecule has 6 nitrogen and oxygen atoms in total. The lowest BCUT2D eigenvalue weighted by Crippen LogP contribution is -2.36. The molecule has 0 radical (unpaired) electrons. The zero-order chi connectivity index (χ0) is 18.1. The van der Waals surface area contributed by atoms with E-state index in [4.69, 9.17) is 14.2 Å². The molecule has 0 bridgehead atoms. The summed E-state index contributed by atoms with van der Waals surface area (Å²) in [6.45, 7) is 3.56. The van der Waals surface area contributed by atoms with Crippen molar-refractivity contribution < 1.29 is 23.8 Å². The zero-order valence-electron chi connectivity index (χ0n) is 15.1. The van der Waals surface area contributed by atoms with Crippen molar-refractivity contribution in [2.75, 3.05) is 31.7 Å². The molecule has 1 atom stereocenters. The molecule has 0 saturated heterocycles. The minimum atomic E-state index is -0.808. The van der Waals surface area contributed by atoms with Gasteiger partial charge in [-0.25, -0.2) is 0 Å². The molecule has 0 aromatic heterocycles. The predicted octanol–water partition coefficient (Wildman–Crippen LogP) is 3.05. The van der Waals surface area contributed by atoms with Gasteiger partial charge in [-0.15, -0.1) is 0 Å². The van der Waals surface area contributed by atoms with Crippen LogP contribution in [-0.4, -0.2) is 38.1 Å². The summed E-state index contributed by atoms with van der Waals surface area (Å²) < 4.78 is 16.9. The highest BCUT2D eigenvalue weighted by atomic mass is 16.5. The first-order chi connectivity index (χ1) is 12.7. The third-order valence-corrected chi connectivity index (χ3v) is 5.08. The van der Waals surface area contributed by atoms with Crippen molar-refractivity contribution in [1.29, 1.82) is 0 Å². The van der Waals surface area contributed by atoms with Crippen LogP contribution in [0.5, 0.6) is 11.5 Å². The average Bonchev–Trinajstić information content (AvgIpc) is 3.53. The molecular weight excluding hydrogens is 334 g/mol. The summed E-state index contributed by atoms with van der Waals surface area (Å²) in [6.07, 6.45) is 4.80. The molecule has 0 spiro atoms. The highest BCUT2D eigenvalue weighted by Crippen LogP contribution is 2.40. The first-order valence-electron chi connectivity index (χ1n) is 9.54. The van der Waals surface area contributed by atoms with Crippen molar-refractivity contribution in [2.24, 2.45) is 17.8 Å². The first-order valence-corrected chi connectivity index (χ1v) is 9.54. The number of benzene rings is 1. The molecule has 1 aliphatic heterocycles. The molecule has 1 aromatic carbocycles. The molecule has 140 valence electrons. The Kier molecular flexibility index (Phi) is 4.74. The summed E-state index contributed by atoms with van der Waals surface area (Å²) in [5.74, 6) is 0.986. The first kappa shape index (κ1) is 17.2. The summed E-state index contributed by atoms with van der Waals surface area (Å²) >= 11 is 0. The van der Waals surface area contributed by atoms with Crippen LogP contribution in [-0.2, 0) is 9.53 Å². The van der Waals surface area contributed by atoms with E-state index >= 15 is 0 Å². The third kappa shape index (κ3) is 3.79. The maximum Gasteiger partial charge on any atom is 0.318 e. The van der Waals surface area contributed by atoms with Crippen LogP contribution in [0.4, 0.5) is 5.69 Å². The van der Waals surface area contributed by atoms with E-state index in [-0.39, 0.29) is 18.9 Å². The van der Waals surface area contributed by atoms with E-state index in [1.165, 1.54) is 25.7 Å². The van der Waals surface area contributed by atoms with Gasteiger partial charge in [0.05, 0.1) is 19.8 Å². The Balaban J connectivity index is 1.57. The highest BCUT2D eigenvalue weighted by molar-refractivity contribution is 6.13. The smallest absolute Gasteiger partial charge is 0.318 e. The number of Topliss-reactive ketones (excluding diaryl/α,β-unsaturated/α-hetero) is 1. The second-order valence-electron chi connectivity index (χ2n) is 7.40. The molecule has 6 heteroatoms. The summed E-state index contributed by atoms with van der Waals surface area (Å²) in [6, 6.07) is 3.56. The lowest BCUT2D eigenvalue weighted by Gasteiger charge is -2.25. The van der Waals surface area contributed by atoms with E-state index in [2.05, 4.69) is 5.32 Å². The Hall–Kier alpha value is -2.24. The lowest BCUT2D eigenvalue weighted by atomic mass is 9.92. The van der Waals surface area contributed by atoms with Crippen LogP contribution < -0.4 is 14.8 Å². The number of ketones is 1. The van der Waals surface area contributed by atoms with Crippen molar-refractivity contribution in [2.45, 2.75) is 32.6 Å². The molecular formula is C20H25NO5. The zero-order valence-corrected chi connectivity index (χ0v) is 15.1. The fourth-order valence-electron chi connectivity index (χ4n) is 3.05. The maximum absolute atomic E-state index is 12.8. The van der Waals surface area contributed by atoms with Gasteiger partial charge in [0.25, 0.3) is 0 Å². The van der Waals surface area contributed by atoms with Gasteiger partial charge in [-0.3, -0.25) is 9.59 Å². The number of nitrogens with one attached hydrogen (secondary N) is 1. The topological polar surface area (TPSA) is 73.9 Å². The number of hydrogen-bond acceptors (Lipinski definition) is 6. The molecule has 0 amide bonds. The fourth-order valence-corrected chi connectivity index (χ4v) is 3.05. The van der Waals surface area contributed by atoms with Crippen LogP contribution >= 0.6 is 0 Å². The van der Waals surface area contributed by atoms with E-state index in [1.54, 1.807) is 13.0 Å². The number of carbonyl (C=O) groups excluding carboxylic acids is 2. The van der Waals surface area contributed by atoms with E-state index in [1.807, 2.05) is 6.07 Å². The molecule has 26 heavy (non-hydrogen) atoms. The summed E-state index contributed by atoms with van der Waals surface area (Å²) in [7, 11) is 0. The van der Waals surface area contributed by atoms with E-state index < -0.39 is 11.9 Å². The Morgan fingerprint density at radius 2 is 1.69 bits per heavy atom. The number of ether oxygens (including phenoxy) is 3. The van der Waals surface area contributed by atoms with Gasteiger partial charge < -0.3 is 19.5 Å². The van der Waals surface area contributed by atoms with Crippen LogP contribution in [0.1, 0.15) is 43.0 Å². The minimum absolute atomic E-state index is 0.220. The predicted molar refractivity (Wildman–Crippen MR) is 95.8 cm³/mol. The minimum Gasteiger partial charge on any atom is -0.489 e. The summed E-state index contributed by atoms with van der Waals surface area (Å²) in [5.41, 5.74) is 1.17. The summed E-state index contributed by atoms with van der Waals surface area (Å²) in [5, 5.41) is 3.17. The van der Waals surface area contributed by atoms with E-state index in [9.17, 15) is 9.59 Å². The monoisotopic (exact) mass is 359 g/mol. The molecule has 2 fully saturated rings. The van der Waals surface area contributed by atoms with Gasteiger partial charge in [-0.2, -0.15) is 0 Å².